The lowest BCUT2D eigenvalue weighted by atomic mass is 10.1. The number of phenols is 1. The number of alkyl halides is 1. The number of anilines is 3. The number of carbonyl (C=O) groups is 1. The number of rotatable bonds is 8. The van der Waals surface area contributed by atoms with Gasteiger partial charge in [0.2, 0.25) is 0 Å². The first-order chi connectivity index (χ1) is 15.4. The summed E-state index contributed by atoms with van der Waals surface area (Å²) < 4.78 is 13.3. The summed E-state index contributed by atoms with van der Waals surface area (Å²) >= 11 is 5.93. The molecule has 168 valence electrons. The molecule has 1 heterocycles. The van der Waals surface area contributed by atoms with Crippen LogP contribution in [0.15, 0.2) is 48.5 Å². The molecule has 1 aromatic heterocycles. The van der Waals surface area contributed by atoms with Gasteiger partial charge in [-0.05, 0) is 55.0 Å². The summed E-state index contributed by atoms with van der Waals surface area (Å²) in [4.78, 5) is 16.7. The van der Waals surface area contributed by atoms with Gasteiger partial charge < -0.3 is 26.6 Å². The molecule has 2 aromatic carbocycles. The molecule has 0 bridgehead atoms. The third-order valence-electron chi connectivity index (χ3n) is 4.98. The molecule has 9 heteroatoms. The first-order valence-corrected chi connectivity index (χ1v) is 10.4. The molecule has 1 unspecified atom stereocenters. The van der Waals surface area contributed by atoms with Gasteiger partial charge in [0.05, 0.1) is 23.9 Å². The van der Waals surface area contributed by atoms with Crippen LogP contribution in [0.5, 0.6) is 5.75 Å². The fraction of sp³-hybridized carbons (Fsp3) is 0.217. The SMILES string of the molecule is CCC(CO)NC(=O)c1ccc(-c2cc(Nc3ccc(Cl)cc3CF)ccc2O)nc1N. The van der Waals surface area contributed by atoms with E-state index < -0.39 is 12.6 Å². The number of halogens is 2. The zero-order valence-corrected chi connectivity index (χ0v) is 18.2. The number of nitrogens with one attached hydrogen (secondary N) is 2. The van der Waals surface area contributed by atoms with E-state index in [9.17, 15) is 19.4 Å². The maximum absolute atomic E-state index is 13.3. The number of nitrogens with zero attached hydrogens (tertiary/aromatic N) is 1. The minimum atomic E-state index is -0.690. The van der Waals surface area contributed by atoms with Crippen LogP contribution >= 0.6 is 11.6 Å². The molecule has 3 aromatic rings. The van der Waals surface area contributed by atoms with Crippen molar-refractivity contribution in [1.82, 2.24) is 10.3 Å². The van der Waals surface area contributed by atoms with Crippen molar-refractivity contribution in [2.75, 3.05) is 17.7 Å². The van der Waals surface area contributed by atoms with Crippen LogP contribution in [0.3, 0.4) is 0 Å². The molecule has 0 spiro atoms. The average Bonchev–Trinajstić information content (AvgIpc) is 2.79. The van der Waals surface area contributed by atoms with Crippen molar-refractivity contribution >= 4 is 34.7 Å². The zero-order chi connectivity index (χ0) is 23.3. The van der Waals surface area contributed by atoms with Crippen molar-refractivity contribution in [3.8, 4) is 17.0 Å². The molecule has 1 atom stereocenters. The van der Waals surface area contributed by atoms with E-state index in [-0.39, 0.29) is 29.8 Å². The van der Waals surface area contributed by atoms with E-state index in [1.54, 1.807) is 30.3 Å². The summed E-state index contributed by atoms with van der Waals surface area (Å²) in [6.07, 6.45) is 0.569. The van der Waals surface area contributed by atoms with Gasteiger partial charge in [0, 0.05) is 27.5 Å². The number of phenolic OH excluding ortho intramolecular Hbond substituents is 1. The lowest BCUT2D eigenvalue weighted by Crippen LogP contribution is -2.37. The number of pyridine rings is 1. The molecule has 32 heavy (non-hydrogen) atoms. The minimum absolute atomic E-state index is 0.0111. The molecule has 0 saturated carbocycles. The Labute approximate surface area is 190 Å². The molecule has 3 rings (SSSR count). The quantitative estimate of drug-likeness (QED) is 0.319. The van der Waals surface area contributed by atoms with E-state index in [1.165, 1.54) is 18.2 Å². The van der Waals surface area contributed by atoms with Crippen LogP contribution in [0.2, 0.25) is 5.02 Å². The van der Waals surface area contributed by atoms with Gasteiger partial charge in [-0.25, -0.2) is 9.37 Å². The second kappa shape index (κ2) is 10.3. The number of benzene rings is 2. The topological polar surface area (TPSA) is 120 Å². The van der Waals surface area contributed by atoms with E-state index in [4.69, 9.17) is 17.3 Å². The normalized spacial score (nSPS) is 11.8. The van der Waals surface area contributed by atoms with Gasteiger partial charge in [0.15, 0.2) is 0 Å². The number of nitrogens with two attached hydrogens (primary N) is 1. The molecule has 0 aliphatic rings. The van der Waals surface area contributed by atoms with Crippen molar-refractivity contribution in [3.05, 3.63) is 64.7 Å². The highest BCUT2D eigenvalue weighted by molar-refractivity contribution is 6.30. The Morgan fingerprint density at radius 3 is 2.66 bits per heavy atom. The minimum Gasteiger partial charge on any atom is -0.507 e. The Morgan fingerprint density at radius 2 is 2.00 bits per heavy atom. The first-order valence-electron chi connectivity index (χ1n) is 9.99. The smallest absolute Gasteiger partial charge is 0.255 e. The predicted molar refractivity (Wildman–Crippen MR) is 124 cm³/mol. The van der Waals surface area contributed by atoms with Gasteiger partial charge in [-0.2, -0.15) is 0 Å². The van der Waals surface area contributed by atoms with Crippen LogP contribution in [-0.2, 0) is 6.67 Å². The number of amides is 1. The zero-order valence-electron chi connectivity index (χ0n) is 17.4. The standard InChI is InChI=1S/C23H24ClFN4O3/c1-2-15(12-30)28-23(32)17-5-7-20(29-22(17)26)18-10-16(4-8-21(18)31)27-19-6-3-14(24)9-13(19)11-25/h3-10,15,27,30-31H,2,11-12H2,1H3,(H2,26,29)(H,28,32). The lowest BCUT2D eigenvalue weighted by Gasteiger charge is -2.15. The van der Waals surface area contributed by atoms with Crippen LogP contribution in [0, 0.1) is 0 Å². The molecular weight excluding hydrogens is 435 g/mol. The van der Waals surface area contributed by atoms with Crippen LogP contribution < -0.4 is 16.4 Å². The third kappa shape index (κ3) is 5.27. The molecule has 6 N–H and O–H groups in total. The van der Waals surface area contributed by atoms with E-state index in [0.717, 1.165) is 0 Å². The number of carbonyl (C=O) groups excluding carboxylic acids is 1. The first kappa shape index (κ1) is 23.3. The van der Waals surface area contributed by atoms with Crippen LogP contribution in [0.25, 0.3) is 11.3 Å². The Morgan fingerprint density at radius 1 is 1.22 bits per heavy atom. The largest absolute Gasteiger partial charge is 0.507 e. The van der Waals surface area contributed by atoms with Gasteiger partial charge in [0.1, 0.15) is 18.2 Å². The molecule has 7 nitrogen and oxygen atoms in total. The maximum Gasteiger partial charge on any atom is 0.255 e. The van der Waals surface area contributed by atoms with Crippen molar-refractivity contribution < 1.29 is 19.4 Å². The van der Waals surface area contributed by atoms with Crippen LogP contribution in [0.4, 0.5) is 21.6 Å². The Bertz CT molecular complexity index is 1120. The van der Waals surface area contributed by atoms with E-state index in [2.05, 4.69) is 15.6 Å². The highest BCUT2D eigenvalue weighted by Crippen LogP contribution is 2.33. The third-order valence-corrected chi connectivity index (χ3v) is 5.22. The molecule has 1 amide bonds. The van der Waals surface area contributed by atoms with Crippen LogP contribution in [-0.4, -0.2) is 33.8 Å². The van der Waals surface area contributed by atoms with Gasteiger partial charge in [-0.1, -0.05) is 18.5 Å². The van der Waals surface area contributed by atoms with Crippen molar-refractivity contribution in [2.45, 2.75) is 26.1 Å². The Hall–Kier alpha value is -3.36. The second-order valence-electron chi connectivity index (χ2n) is 7.18. The lowest BCUT2D eigenvalue weighted by molar-refractivity contribution is 0.0915. The fourth-order valence-corrected chi connectivity index (χ4v) is 3.32. The summed E-state index contributed by atoms with van der Waals surface area (Å²) in [6, 6.07) is 12.3. The molecule has 0 fully saturated rings. The van der Waals surface area contributed by atoms with Crippen LogP contribution in [0.1, 0.15) is 29.3 Å². The average molecular weight is 459 g/mol. The second-order valence-corrected chi connectivity index (χ2v) is 7.62. The van der Waals surface area contributed by atoms with Crippen molar-refractivity contribution in [2.24, 2.45) is 0 Å². The van der Waals surface area contributed by atoms with Crippen molar-refractivity contribution in [1.29, 1.82) is 0 Å². The Kier molecular flexibility index (Phi) is 7.50. The molecular formula is C23H24ClFN4O3. The highest BCUT2D eigenvalue weighted by atomic mass is 35.5. The van der Waals surface area contributed by atoms with E-state index in [0.29, 0.717) is 39.6 Å². The summed E-state index contributed by atoms with van der Waals surface area (Å²) in [7, 11) is 0. The summed E-state index contributed by atoms with van der Waals surface area (Å²) in [5, 5.41) is 25.9. The summed E-state index contributed by atoms with van der Waals surface area (Å²) in [5.41, 5.74) is 8.44. The molecule has 0 saturated heterocycles. The number of nitrogen functional groups attached to an aromatic ring is 1. The van der Waals surface area contributed by atoms with Gasteiger partial charge in [0.25, 0.3) is 5.91 Å². The molecule has 0 aliphatic carbocycles. The van der Waals surface area contributed by atoms with Gasteiger partial charge in [-0.15, -0.1) is 0 Å². The number of aromatic hydroxyl groups is 1. The predicted octanol–water partition coefficient (Wildman–Crippen LogP) is 4.40. The van der Waals surface area contributed by atoms with E-state index >= 15 is 0 Å². The summed E-state index contributed by atoms with van der Waals surface area (Å²) in [6.45, 7) is 0.972. The fourth-order valence-electron chi connectivity index (χ4n) is 3.13. The monoisotopic (exact) mass is 458 g/mol. The van der Waals surface area contributed by atoms with Gasteiger partial charge >= 0.3 is 0 Å². The molecule has 0 aliphatic heterocycles. The number of hydrogen-bond acceptors (Lipinski definition) is 6. The summed E-state index contributed by atoms with van der Waals surface area (Å²) in [5.74, 6) is -0.487. The molecule has 0 radical (unpaired) electrons. The number of aromatic nitrogens is 1. The number of aliphatic hydroxyl groups excluding tert-OH is 1. The Balaban J connectivity index is 1.88. The number of hydrogen-bond donors (Lipinski definition) is 5. The van der Waals surface area contributed by atoms with Crippen molar-refractivity contribution in [3.63, 3.8) is 0 Å². The maximum atomic E-state index is 13.3. The van der Waals surface area contributed by atoms with Gasteiger partial charge in [-0.3, -0.25) is 4.79 Å². The highest BCUT2D eigenvalue weighted by Gasteiger charge is 2.17. The number of aliphatic hydroxyl groups is 1. The van der Waals surface area contributed by atoms with E-state index in [1.807, 2.05) is 6.92 Å².